The van der Waals surface area contributed by atoms with Crippen LogP contribution in [0.3, 0.4) is 0 Å². The van der Waals surface area contributed by atoms with E-state index in [2.05, 4.69) is 4.99 Å². The zero-order valence-electron chi connectivity index (χ0n) is 17.7. The van der Waals surface area contributed by atoms with E-state index in [1.54, 1.807) is 6.07 Å². The SMILES string of the molecule is CCO[Si](CCc1cccc(C(F)(F)F)c1C=NC(C)(C)C)(OCC)OCC. The van der Waals surface area contributed by atoms with Crippen molar-refractivity contribution in [1.29, 1.82) is 0 Å². The third-order valence-corrected chi connectivity index (χ3v) is 6.92. The first-order valence-corrected chi connectivity index (χ1v) is 11.6. The molecule has 160 valence electrons. The van der Waals surface area contributed by atoms with Gasteiger partial charge in [0.15, 0.2) is 0 Å². The van der Waals surface area contributed by atoms with Gasteiger partial charge in [0.1, 0.15) is 0 Å². The van der Waals surface area contributed by atoms with Crippen molar-refractivity contribution in [3.05, 3.63) is 34.9 Å². The highest BCUT2D eigenvalue weighted by atomic mass is 28.4. The zero-order valence-corrected chi connectivity index (χ0v) is 18.7. The predicted molar refractivity (Wildman–Crippen MR) is 108 cm³/mol. The van der Waals surface area contributed by atoms with Crippen molar-refractivity contribution in [3.8, 4) is 0 Å². The number of halogens is 3. The molecule has 0 aliphatic heterocycles. The standard InChI is InChI=1S/C20H32F3NO3Si/c1-7-25-28(26-8-2,27-9-3)14-13-16-11-10-12-18(20(21,22)23)17(16)15-24-19(4,5)6/h10-12,15H,7-9,13-14H2,1-6H3. The second kappa shape index (κ2) is 10.5. The average Bonchev–Trinajstić information content (AvgIpc) is 2.57. The molecule has 0 saturated carbocycles. The van der Waals surface area contributed by atoms with Gasteiger partial charge < -0.3 is 13.3 Å². The Hall–Kier alpha value is -1.22. The average molecular weight is 420 g/mol. The molecule has 8 heteroatoms. The highest BCUT2D eigenvalue weighted by molar-refractivity contribution is 6.60. The van der Waals surface area contributed by atoms with Crippen LogP contribution in [-0.2, 0) is 25.9 Å². The smallest absolute Gasteiger partial charge is 0.374 e. The van der Waals surface area contributed by atoms with Crippen molar-refractivity contribution in [3.63, 3.8) is 0 Å². The van der Waals surface area contributed by atoms with E-state index in [1.807, 2.05) is 41.5 Å². The topological polar surface area (TPSA) is 40.0 Å². The molecule has 0 saturated heterocycles. The lowest BCUT2D eigenvalue weighted by Crippen LogP contribution is -2.46. The summed E-state index contributed by atoms with van der Waals surface area (Å²) in [6.07, 6.45) is -2.77. The van der Waals surface area contributed by atoms with Crippen LogP contribution < -0.4 is 0 Å². The van der Waals surface area contributed by atoms with Crippen LogP contribution in [0, 0.1) is 0 Å². The fraction of sp³-hybridized carbons (Fsp3) is 0.650. The van der Waals surface area contributed by atoms with Crippen LogP contribution in [0.25, 0.3) is 0 Å². The molecule has 0 atom stereocenters. The van der Waals surface area contributed by atoms with Crippen molar-refractivity contribution in [1.82, 2.24) is 0 Å². The van der Waals surface area contributed by atoms with Crippen molar-refractivity contribution in [2.45, 2.75) is 65.7 Å². The molecule has 1 aromatic rings. The molecule has 0 aromatic heterocycles. The van der Waals surface area contributed by atoms with Gasteiger partial charge in [0.25, 0.3) is 0 Å². The fourth-order valence-electron chi connectivity index (χ4n) is 2.78. The van der Waals surface area contributed by atoms with Gasteiger partial charge in [-0.25, -0.2) is 0 Å². The zero-order chi connectivity index (χ0) is 21.4. The lowest BCUT2D eigenvalue weighted by atomic mass is 9.99. The van der Waals surface area contributed by atoms with E-state index in [-0.39, 0.29) is 5.56 Å². The number of rotatable bonds is 10. The largest absolute Gasteiger partial charge is 0.501 e. The summed E-state index contributed by atoms with van der Waals surface area (Å²) >= 11 is 0. The molecule has 1 rings (SSSR count). The molecular weight excluding hydrogens is 387 g/mol. The Morgan fingerprint density at radius 1 is 0.964 bits per heavy atom. The summed E-state index contributed by atoms with van der Waals surface area (Å²) in [5.41, 5.74) is -0.512. The molecule has 0 spiro atoms. The van der Waals surface area contributed by atoms with Crippen LogP contribution in [0.1, 0.15) is 58.2 Å². The number of hydrogen-bond donors (Lipinski definition) is 0. The van der Waals surface area contributed by atoms with Crippen LogP contribution in [-0.4, -0.2) is 40.4 Å². The third-order valence-electron chi connectivity index (χ3n) is 3.88. The minimum absolute atomic E-state index is 0.0947. The molecule has 0 aliphatic rings. The van der Waals surface area contributed by atoms with Crippen LogP contribution in [0.15, 0.2) is 23.2 Å². The molecule has 0 N–H and O–H groups in total. The van der Waals surface area contributed by atoms with Gasteiger partial charge >= 0.3 is 15.0 Å². The molecule has 0 amide bonds. The number of benzene rings is 1. The van der Waals surface area contributed by atoms with Crippen LogP contribution in [0.4, 0.5) is 13.2 Å². The molecule has 0 radical (unpaired) electrons. The minimum atomic E-state index is -4.45. The lowest BCUT2D eigenvalue weighted by molar-refractivity contribution is -0.137. The summed E-state index contributed by atoms with van der Waals surface area (Å²) in [7, 11) is -2.95. The van der Waals surface area contributed by atoms with Crippen molar-refractivity contribution in [2.75, 3.05) is 19.8 Å². The van der Waals surface area contributed by atoms with Crippen LogP contribution in [0.2, 0.25) is 6.04 Å². The van der Waals surface area contributed by atoms with Crippen molar-refractivity contribution < 1.29 is 26.4 Å². The lowest BCUT2D eigenvalue weighted by Gasteiger charge is -2.28. The van der Waals surface area contributed by atoms with Gasteiger partial charge in [-0.05, 0) is 59.6 Å². The Bertz CT molecular complexity index is 626. The first-order chi connectivity index (χ1) is 13.0. The number of aliphatic imine (C=N–C) groups is 1. The molecule has 28 heavy (non-hydrogen) atoms. The van der Waals surface area contributed by atoms with Gasteiger partial charge in [-0.2, -0.15) is 13.2 Å². The van der Waals surface area contributed by atoms with Gasteiger partial charge in [0.05, 0.1) is 11.1 Å². The maximum atomic E-state index is 13.6. The summed E-state index contributed by atoms with van der Waals surface area (Å²) in [6.45, 7) is 12.4. The van der Waals surface area contributed by atoms with Gasteiger partial charge in [-0.1, -0.05) is 12.1 Å². The Morgan fingerprint density at radius 2 is 1.50 bits per heavy atom. The monoisotopic (exact) mass is 419 g/mol. The summed E-state index contributed by atoms with van der Waals surface area (Å²) in [4.78, 5) is 4.31. The van der Waals surface area contributed by atoms with E-state index in [9.17, 15) is 13.2 Å². The van der Waals surface area contributed by atoms with Crippen molar-refractivity contribution >= 4 is 15.0 Å². The maximum Gasteiger partial charge on any atom is 0.501 e. The molecule has 0 unspecified atom stereocenters. The highest BCUT2D eigenvalue weighted by Crippen LogP contribution is 2.34. The Balaban J connectivity index is 3.30. The van der Waals surface area contributed by atoms with E-state index >= 15 is 0 Å². The van der Waals surface area contributed by atoms with Gasteiger partial charge in [0, 0.05) is 37.6 Å². The Kier molecular flexibility index (Phi) is 9.33. The minimum Gasteiger partial charge on any atom is -0.374 e. The number of nitrogens with zero attached hydrogens (tertiary/aromatic N) is 1. The van der Waals surface area contributed by atoms with E-state index in [1.165, 1.54) is 12.3 Å². The Morgan fingerprint density at radius 3 is 1.93 bits per heavy atom. The molecule has 0 bridgehead atoms. The number of aryl methyl sites for hydroxylation is 1. The normalized spacial score (nSPS) is 13.5. The maximum absolute atomic E-state index is 13.6. The van der Waals surface area contributed by atoms with Crippen molar-refractivity contribution in [2.24, 2.45) is 4.99 Å². The Labute approximate surface area is 167 Å². The molecule has 4 nitrogen and oxygen atoms in total. The van der Waals surface area contributed by atoms with Crippen LogP contribution in [0.5, 0.6) is 0 Å². The quantitative estimate of drug-likeness (QED) is 0.371. The number of hydrogen-bond acceptors (Lipinski definition) is 4. The molecule has 0 aliphatic carbocycles. The van der Waals surface area contributed by atoms with Gasteiger partial charge in [0.2, 0.25) is 0 Å². The molecular formula is C20H32F3NO3Si. The first-order valence-electron chi connectivity index (χ1n) is 9.64. The molecule has 0 heterocycles. The second-order valence-corrected chi connectivity index (χ2v) is 10.0. The fourth-order valence-corrected chi connectivity index (χ4v) is 5.36. The van der Waals surface area contributed by atoms with Gasteiger partial charge in [-0.15, -0.1) is 0 Å². The second-order valence-electron chi connectivity index (χ2n) is 7.29. The van der Waals surface area contributed by atoms with Crippen LogP contribution >= 0.6 is 0 Å². The van der Waals surface area contributed by atoms with E-state index in [0.717, 1.165) is 6.07 Å². The summed E-state index contributed by atoms with van der Waals surface area (Å²) < 4.78 is 58.1. The molecule has 0 fully saturated rings. The first kappa shape index (κ1) is 24.8. The van der Waals surface area contributed by atoms with E-state index < -0.39 is 26.1 Å². The van der Waals surface area contributed by atoms with Gasteiger partial charge in [-0.3, -0.25) is 4.99 Å². The molecule has 1 aromatic carbocycles. The number of alkyl halides is 3. The summed E-state index contributed by atoms with van der Waals surface area (Å²) in [5, 5.41) is 0. The van der Waals surface area contributed by atoms with E-state index in [4.69, 9.17) is 13.3 Å². The predicted octanol–water partition coefficient (Wildman–Crippen LogP) is 5.51. The van der Waals surface area contributed by atoms with E-state index in [0.29, 0.717) is 37.8 Å². The third kappa shape index (κ3) is 7.65. The highest BCUT2D eigenvalue weighted by Gasteiger charge is 2.40. The summed E-state index contributed by atoms with van der Waals surface area (Å²) in [6, 6.07) is 4.62. The summed E-state index contributed by atoms with van der Waals surface area (Å²) in [5.74, 6) is 0.